The lowest BCUT2D eigenvalue weighted by molar-refractivity contribution is 0.472. The SMILES string of the molecule is C#CC1CCP(=O)(O)C1C. The van der Waals surface area contributed by atoms with Crippen LogP contribution in [0.3, 0.4) is 0 Å². The number of rotatable bonds is 0. The average molecular weight is 158 g/mol. The van der Waals surface area contributed by atoms with E-state index in [1.807, 2.05) is 0 Å². The Kier molecular flexibility index (Phi) is 1.90. The largest absolute Gasteiger partial charge is 0.344 e. The van der Waals surface area contributed by atoms with Crippen LogP contribution in [-0.2, 0) is 4.57 Å². The van der Waals surface area contributed by atoms with E-state index in [9.17, 15) is 9.46 Å². The molecule has 2 nitrogen and oxygen atoms in total. The number of terminal acetylenes is 1. The number of hydrogen-bond acceptors (Lipinski definition) is 1. The van der Waals surface area contributed by atoms with Crippen LogP contribution in [0.4, 0.5) is 0 Å². The first kappa shape index (κ1) is 7.85. The van der Waals surface area contributed by atoms with Gasteiger partial charge in [-0.2, -0.15) is 0 Å². The minimum Gasteiger partial charge on any atom is -0.344 e. The van der Waals surface area contributed by atoms with Gasteiger partial charge in [0.05, 0.1) is 0 Å². The Labute approximate surface area is 61.1 Å². The van der Waals surface area contributed by atoms with E-state index in [0.29, 0.717) is 12.6 Å². The summed E-state index contributed by atoms with van der Waals surface area (Å²) in [7, 11) is -2.85. The monoisotopic (exact) mass is 158 g/mol. The second-order valence-corrected chi connectivity index (χ2v) is 5.55. The van der Waals surface area contributed by atoms with Crippen LogP contribution in [-0.4, -0.2) is 16.7 Å². The Balaban J connectivity index is 2.79. The van der Waals surface area contributed by atoms with Crippen molar-refractivity contribution in [2.75, 3.05) is 6.16 Å². The van der Waals surface area contributed by atoms with Gasteiger partial charge in [-0.25, -0.2) is 0 Å². The molecule has 0 radical (unpaired) electrons. The molecular weight excluding hydrogens is 147 g/mol. The Hall–Kier alpha value is -0.250. The maximum absolute atomic E-state index is 11.2. The van der Waals surface area contributed by atoms with Crippen molar-refractivity contribution < 1.29 is 9.46 Å². The first-order valence-electron chi connectivity index (χ1n) is 3.35. The topological polar surface area (TPSA) is 37.3 Å². The summed E-state index contributed by atoms with van der Waals surface area (Å²) in [6.45, 7) is 1.76. The van der Waals surface area contributed by atoms with Gasteiger partial charge in [0.2, 0.25) is 7.37 Å². The van der Waals surface area contributed by atoms with E-state index >= 15 is 0 Å². The van der Waals surface area contributed by atoms with Crippen molar-refractivity contribution in [2.24, 2.45) is 5.92 Å². The zero-order valence-electron chi connectivity index (χ0n) is 5.95. The highest BCUT2D eigenvalue weighted by atomic mass is 31.2. The molecule has 0 saturated carbocycles. The minimum absolute atomic E-state index is 0.0239. The van der Waals surface area contributed by atoms with Gasteiger partial charge in [0.25, 0.3) is 0 Å². The van der Waals surface area contributed by atoms with Crippen LogP contribution < -0.4 is 0 Å². The Morgan fingerprint density at radius 2 is 2.40 bits per heavy atom. The molecule has 3 atom stereocenters. The molecule has 10 heavy (non-hydrogen) atoms. The standard InChI is InChI=1S/C7H11O2P/c1-3-7-4-5-10(8,9)6(7)2/h1,6-7H,4-5H2,2H3,(H,8,9). The summed E-state index contributed by atoms with van der Waals surface area (Å²) in [5, 5.41) is 0. The van der Waals surface area contributed by atoms with Gasteiger partial charge in [0.15, 0.2) is 0 Å². The molecule has 3 heteroatoms. The molecule has 1 aliphatic rings. The molecule has 1 fully saturated rings. The lowest BCUT2D eigenvalue weighted by Crippen LogP contribution is -2.06. The molecule has 0 aromatic rings. The summed E-state index contributed by atoms with van der Waals surface area (Å²) in [5.41, 5.74) is -0.183. The summed E-state index contributed by atoms with van der Waals surface area (Å²) in [4.78, 5) is 9.22. The van der Waals surface area contributed by atoms with Crippen molar-refractivity contribution in [3.05, 3.63) is 0 Å². The fourth-order valence-corrected chi connectivity index (χ4v) is 3.13. The van der Waals surface area contributed by atoms with E-state index < -0.39 is 7.37 Å². The highest BCUT2D eigenvalue weighted by Gasteiger charge is 2.39. The van der Waals surface area contributed by atoms with Gasteiger partial charge in [0.1, 0.15) is 0 Å². The van der Waals surface area contributed by atoms with Gasteiger partial charge in [-0.3, -0.25) is 4.57 Å². The summed E-state index contributed by atoms with van der Waals surface area (Å²) in [6, 6.07) is 0. The Morgan fingerprint density at radius 3 is 2.60 bits per heavy atom. The molecule has 0 aliphatic carbocycles. The summed E-state index contributed by atoms with van der Waals surface area (Å²) in [5.74, 6) is 2.56. The summed E-state index contributed by atoms with van der Waals surface area (Å²) < 4.78 is 11.2. The maximum Gasteiger partial charge on any atom is 0.204 e. The van der Waals surface area contributed by atoms with Crippen molar-refractivity contribution in [2.45, 2.75) is 19.0 Å². The molecule has 0 spiro atoms. The van der Waals surface area contributed by atoms with E-state index in [1.165, 1.54) is 0 Å². The van der Waals surface area contributed by atoms with E-state index in [1.54, 1.807) is 6.92 Å². The third-order valence-electron chi connectivity index (χ3n) is 2.19. The molecule has 0 aromatic heterocycles. The van der Waals surface area contributed by atoms with Crippen molar-refractivity contribution in [1.82, 2.24) is 0 Å². The predicted molar refractivity (Wildman–Crippen MR) is 41.1 cm³/mol. The van der Waals surface area contributed by atoms with E-state index in [2.05, 4.69) is 5.92 Å². The zero-order chi connectivity index (χ0) is 7.78. The fraction of sp³-hybridized carbons (Fsp3) is 0.714. The maximum atomic E-state index is 11.2. The highest BCUT2D eigenvalue weighted by molar-refractivity contribution is 7.59. The minimum atomic E-state index is -2.85. The molecule has 0 amide bonds. The molecule has 3 unspecified atom stereocenters. The van der Waals surface area contributed by atoms with Crippen LogP contribution in [0.5, 0.6) is 0 Å². The molecule has 1 saturated heterocycles. The van der Waals surface area contributed by atoms with Gasteiger partial charge in [-0.05, 0) is 6.42 Å². The summed E-state index contributed by atoms with van der Waals surface area (Å²) in [6.07, 6.45) is 6.28. The van der Waals surface area contributed by atoms with Crippen molar-refractivity contribution in [3.63, 3.8) is 0 Å². The molecule has 0 bridgehead atoms. The molecule has 56 valence electrons. The normalized spacial score (nSPS) is 46.9. The van der Waals surface area contributed by atoms with Crippen LogP contribution in [0.15, 0.2) is 0 Å². The van der Waals surface area contributed by atoms with Crippen molar-refractivity contribution >= 4 is 7.37 Å². The van der Waals surface area contributed by atoms with Crippen LogP contribution in [0, 0.1) is 18.3 Å². The van der Waals surface area contributed by atoms with Crippen LogP contribution in [0.1, 0.15) is 13.3 Å². The van der Waals surface area contributed by atoms with Crippen molar-refractivity contribution in [3.8, 4) is 12.3 Å². The Morgan fingerprint density at radius 1 is 1.80 bits per heavy atom. The predicted octanol–water partition coefficient (Wildman–Crippen LogP) is 1.30. The molecule has 1 rings (SSSR count). The molecule has 1 aliphatic heterocycles. The van der Waals surface area contributed by atoms with E-state index in [-0.39, 0.29) is 11.6 Å². The third-order valence-corrected chi connectivity index (χ3v) is 4.72. The van der Waals surface area contributed by atoms with Crippen LogP contribution in [0.2, 0.25) is 0 Å². The average Bonchev–Trinajstić information content (AvgIpc) is 2.10. The molecule has 1 N–H and O–H groups in total. The first-order valence-corrected chi connectivity index (χ1v) is 5.27. The molecule has 0 aromatic carbocycles. The van der Waals surface area contributed by atoms with Gasteiger partial charge in [-0.1, -0.05) is 6.92 Å². The third kappa shape index (κ3) is 1.12. The van der Waals surface area contributed by atoms with Gasteiger partial charge >= 0.3 is 0 Å². The van der Waals surface area contributed by atoms with Crippen LogP contribution in [0.25, 0.3) is 0 Å². The van der Waals surface area contributed by atoms with Gasteiger partial charge in [-0.15, -0.1) is 12.3 Å². The highest BCUT2D eigenvalue weighted by Crippen LogP contribution is 2.56. The second-order valence-electron chi connectivity index (χ2n) is 2.78. The lowest BCUT2D eigenvalue weighted by atomic mass is 10.1. The zero-order valence-corrected chi connectivity index (χ0v) is 6.84. The number of hydrogen-bond donors (Lipinski definition) is 1. The van der Waals surface area contributed by atoms with E-state index in [4.69, 9.17) is 6.42 Å². The van der Waals surface area contributed by atoms with E-state index in [0.717, 1.165) is 0 Å². The smallest absolute Gasteiger partial charge is 0.204 e. The second kappa shape index (κ2) is 2.42. The van der Waals surface area contributed by atoms with Crippen molar-refractivity contribution in [1.29, 1.82) is 0 Å². The fourth-order valence-electron chi connectivity index (χ4n) is 1.27. The molecule has 1 heterocycles. The first-order chi connectivity index (χ1) is 4.58. The van der Waals surface area contributed by atoms with Gasteiger partial charge in [0, 0.05) is 17.7 Å². The lowest BCUT2D eigenvalue weighted by Gasteiger charge is -2.10. The quantitative estimate of drug-likeness (QED) is 0.426. The Bertz CT molecular complexity index is 216. The molecular formula is C7H11O2P. The van der Waals surface area contributed by atoms with Gasteiger partial charge < -0.3 is 4.89 Å². The van der Waals surface area contributed by atoms with Crippen LogP contribution >= 0.6 is 7.37 Å². The summed E-state index contributed by atoms with van der Waals surface area (Å²) >= 11 is 0.